The highest BCUT2D eigenvalue weighted by Gasteiger charge is 2.27. The fraction of sp³-hybridized carbons (Fsp3) is 0.600. The Morgan fingerprint density at radius 3 is 3.00 bits per heavy atom. The number of para-hydroxylation sites is 1. The van der Waals surface area contributed by atoms with Crippen molar-refractivity contribution in [1.82, 2.24) is 5.32 Å². The third kappa shape index (κ3) is 2.47. The van der Waals surface area contributed by atoms with Crippen LogP contribution in [0.4, 0.5) is 5.69 Å². The first-order chi connectivity index (χ1) is 8.34. The molecular formula is C15H22N2. The number of rotatable bonds is 3. The number of fused-ring (bicyclic) bond motifs is 1. The molecule has 17 heavy (non-hydrogen) atoms. The van der Waals surface area contributed by atoms with Crippen LogP contribution in [0.1, 0.15) is 31.7 Å². The number of nitrogens with one attached hydrogen (secondary N) is 1. The van der Waals surface area contributed by atoms with Crippen molar-refractivity contribution in [3.63, 3.8) is 0 Å². The summed E-state index contributed by atoms with van der Waals surface area (Å²) in [5.41, 5.74) is 2.90. The normalized spacial score (nSPS) is 21.8. The standard InChI is InChI=1S/C15H22N2/c1-12(10-13-6-7-13)17-9-8-16-11-14-4-2-3-5-15(14)17/h2-5,12-13,16H,6-11H2,1H3. The van der Waals surface area contributed by atoms with Crippen LogP contribution in [0.2, 0.25) is 0 Å². The molecule has 0 saturated heterocycles. The first-order valence-corrected chi connectivity index (χ1v) is 6.90. The zero-order valence-electron chi connectivity index (χ0n) is 10.7. The van der Waals surface area contributed by atoms with Crippen molar-refractivity contribution in [2.45, 2.75) is 38.8 Å². The van der Waals surface area contributed by atoms with E-state index in [1.807, 2.05) is 0 Å². The Kier molecular flexibility index (Phi) is 3.06. The molecule has 1 saturated carbocycles. The summed E-state index contributed by atoms with van der Waals surface area (Å²) in [6.07, 6.45) is 4.28. The maximum Gasteiger partial charge on any atom is 0.0414 e. The number of anilines is 1. The van der Waals surface area contributed by atoms with Gasteiger partial charge < -0.3 is 10.2 Å². The minimum atomic E-state index is 0.684. The van der Waals surface area contributed by atoms with E-state index in [1.54, 1.807) is 0 Å². The summed E-state index contributed by atoms with van der Waals surface area (Å²) in [5, 5.41) is 3.52. The van der Waals surface area contributed by atoms with Gasteiger partial charge in [-0.25, -0.2) is 0 Å². The average molecular weight is 230 g/mol. The highest BCUT2D eigenvalue weighted by molar-refractivity contribution is 5.55. The molecule has 92 valence electrons. The number of hydrogen-bond donors (Lipinski definition) is 1. The molecule has 1 aromatic carbocycles. The average Bonchev–Trinajstić information content (AvgIpc) is 3.14. The second-order valence-corrected chi connectivity index (χ2v) is 5.53. The SMILES string of the molecule is CC(CC1CC1)N1CCNCc2ccccc21. The molecule has 1 aromatic rings. The molecule has 2 heteroatoms. The van der Waals surface area contributed by atoms with Gasteiger partial charge in [0.2, 0.25) is 0 Å². The molecule has 1 aliphatic carbocycles. The first kappa shape index (κ1) is 11.1. The fourth-order valence-electron chi connectivity index (χ4n) is 2.90. The summed E-state index contributed by atoms with van der Waals surface area (Å²) in [5.74, 6) is 1.01. The molecule has 0 amide bonds. The molecule has 3 rings (SSSR count). The van der Waals surface area contributed by atoms with Gasteiger partial charge in [0.05, 0.1) is 0 Å². The van der Waals surface area contributed by atoms with Gasteiger partial charge in [0, 0.05) is 31.4 Å². The van der Waals surface area contributed by atoms with Gasteiger partial charge in [-0.15, -0.1) is 0 Å². The summed E-state index contributed by atoms with van der Waals surface area (Å²) in [4.78, 5) is 2.60. The van der Waals surface area contributed by atoms with Crippen molar-refractivity contribution in [3.8, 4) is 0 Å². The molecule has 0 aromatic heterocycles. The molecule has 1 N–H and O–H groups in total. The molecule has 0 bridgehead atoms. The predicted molar refractivity (Wildman–Crippen MR) is 72.3 cm³/mol. The Hall–Kier alpha value is -1.02. The van der Waals surface area contributed by atoms with E-state index in [-0.39, 0.29) is 0 Å². The number of nitrogens with zero attached hydrogens (tertiary/aromatic N) is 1. The third-order valence-corrected chi connectivity index (χ3v) is 4.05. The Morgan fingerprint density at radius 2 is 2.18 bits per heavy atom. The van der Waals surface area contributed by atoms with Gasteiger partial charge >= 0.3 is 0 Å². The second-order valence-electron chi connectivity index (χ2n) is 5.53. The largest absolute Gasteiger partial charge is 0.367 e. The van der Waals surface area contributed by atoms with E-state index in [9.17, 15) is 0 Å². The van der Waals surface area contributed by atoms with Crippen LogP contribution in [0.25, 0.3) is 0 Å². The van der Waals surface area contributed by atoms with E-state index >= 15 is 0 Å². The lowest BCUT2D eigenvalue weighted by atomic mass is 10.1. The van der Waals surface area contributed by atoms with E-state index in [1.165, 1.54) is 30.5 Å². The van der Waals surface area contributed by atoms with Gasteiger partial charge in [0.1, 0.15) is 0 Å². The minimum absolute atomic E-state index is 0.684. The first-order valence-electron chi connectivity index (χ1n) is 6.90. The summed E-state index contributed by atoms with van der Waals surface area (Å²) in [6, 6.07) is 9.54. The van der Waals surface area contributed by atoms with Gasteiger partial charge in [-0.3, -0.25) is 0 Å². The summed E-state index contributed by atoms with van der Waals surface area (Å²) in [6.45, 7) is 5.65. The van der Waals surface area contributed by atoms with Crippen molar-refractivity contribution in [2.24, 2.45) is 5.92 Å². The monoisotopic (exact) mass is 230 g/mol. The van der Waals surface area contributed by atoms with Crippen molar-refractivity contribution < 1.29 is 0 Å². The van der Waals surface area contributed by atoms with Gasteiger partial charge in [-0.2, -0.15) is 0 Å². The highest BCUT2D eigenvalue weighted by atomic mass is 15.2. The molecule has 0 spiro atoms. The molecule has 1 heterocycles. The van der Waals surface area contributed by atoms with E-state index < -0.39 is 0 Å². The van der Waals surface area contributed by atoms with E-state index in [4.69, 9.17) is 0 Å². The third-order valence-electron chi connectivity index (χ3n) is 4.05. The van der Waals surface area contributed by atoms with Crippen molar-refractivity contribution in [1.29, 1.82) is 0 Å². The zero-order chi connectivity index (χ0) is 11.7. The molecule has 0 radical (unpaired) electrons. The smallest absolute Gasteiger partial charge is 0.0414 e. The van der Waals surface area contributed by atoms with Crippen LogP contribution < -0.4 is 10.2 Å². The maximum absolute atomic E-state index is 3.52. The van der Waals surface area contributed by atoms with Crippen LogP contribution in [-0.4, -0.2) is 19.1 Å². The Balaban J connectivity index is 1.82. The van der Waals surface area contributed by atoms with Crippen LogP contribution in [0.15, 0.2) is 24.3 Å². The van der Waals surface area contributed by atoms with Crippen molar-refractivity contribution in [3.05, 3.63) is 29.8 Å². The lowest BCUT2D eigenvalue weighted by Crippen LogP contribution is -2.36. The van der Waals surface area contributed by atoms with E-state index in [2.05, 4.69) is 41.4 Å². The molecule has 2 nitrogen and oxygen atoms in total. The lowest BCUT2D eigenvalue weighted by Gasteiger charge is -2.31. The van der Waals surface area contributed by atoms with Crippen LogP contribution in [0.5, 0.6) is 0 Å². The quantitative estimate of drug-likeness (QED) is 0.859. The summed E-state index contributed by atoms with van der Waals surface area (Å²) >= 11 is 0. The number of benzene rings is 1. The van der Waals surface area contributed by atoms with Crippen molar-refractivity contribution in [2.75, 3.05) is 18.0 Å². The number of hydrogen-bond acceptors (Lipinski definition) is 2. The minimum Gasteiger partial charge on any atom is -0.367 e. The molecule has 2 aliphatic rings. The van der Waals surface area contributed by atoms with E-state index in [0.29, 0.717) is 6.04 Å². The molecule has 1 fully saturated rings. The highest BCUT2D eigenvalue weighted by Crippen LogP contribution is 2.36. The van der Waals surface area contributed by atoms with Crippen LogP contribution >= 0.6 is 0 Å². The zero-order valence-corrected chi connectivity index (χ0v) is 10.7. The van der Waals surface area contributed by atoms with Gasteiger partial charge in [0.25, 0.3) is 0 Å². The topological polar surface area (TPSA) is 15.3 Å². The lowest BCUT2D eigenvalue weighted by molar-refractivity contribution is 0.548. The van der Waals surface area contributed by atoms with Gasteiger partial charge in [-0.1, -0.05) is 31.0 Å². The Morgan fingerprint density at radius 1 is 1.35 bits per heavy atom. The molecule has 1 unspecified atom stereocenters. The van der Waals surface area contributed by atoms with E-state index in [0.717, 1.165) is 25.6 Å². The van der Waals surface area contributed by atoms with Crippen molar-refractivity contribution >= 4 is 5.69 Å². The fourth-order valence-corrected chi connectivity index (χ4v) is 2.90. The predicted octanol–water partition coefficient (Wildman–Crippen LogP) is 2.78. The van der Waals surface area contributed by atoms with Crippen LogP contribution in [0, 0.1) is 5.92 Å². The van der Waals surface area contributed by atoms with Crippen LogP contribution in [-0.2, 0) is 6.54 Å². The van der Waals surface area contributed by atoms with Gasteiger partial charge in [-0.05, 0) is 30.9 Å². The van der Waals surface area contributed by atoms with Crippen LogP contribution in [0.3, 0.4) is 0 Å². The summed E-state index contributed by atoms with van der Waals surface area (Å²) in [7, 11) is 0. The molecule has 1 aliphatic heterocycles. The molecular weight excluding hydrogens is 208 g/mol. The Labute approximate surface area is 104 Å². The second kappa shape index (κ2) is 4.69. The summed E-state index contributed by atoms with van der Waals surface area (Å²) < 4.78 is 0. The molecule has 1 atom stereocenters. The Bertz CT molecular complexity index is 384. The maximum atomic E-state index is 3.52. The van der Waals surface area contributed by atoms with Gasteiger partial charge in [0.15, 0.2) is 0 Å².